The number of hydrogen-bond donors (Lipinski definition) is 3. The number of imide groups is 1. The third kappa shape index (κ3) is 3.46. The van der Waals surface area contributed by atoms with E-state index in [1.165, 1.54) is 25.7 Å². The van der Waals surface area contributed by atoms with Crippen LogP contribution in [0.5, 0.6) is 0 Å². The number of nitrogens with zero attached hydrogens (tertiary/aromatic N) is 1. The average molecular weight is 427 g/mol. The molecule has 31 heavy (non-hydrogen) atoms. The summed E-state index contributed by atoms with van der Waals surface area (Å²) in [5.41, 5.74) is 2.47. The van der Waals surface area contributed by atoms with E-state index in [4.69, 9.17) is 0 Å². The van der Waals surface area contributed by atoms with Gasteiger partial charge in [-0.05, 0) is 69.2 Å². The predicted molar refractivity (Wildman–Crippen MR) is 115 cm³/mol. The number of piperidine rings is 1. The summed E-state index contributed by atoms with van der Waals surface area (Å²) in [5, 5.41) is 22.6. The van der Waals surface area contributed by atoms with Crippen molar-refractivity contribution in [2.24, 2.45) is 5.41 Å². The summed E-state index contributed by atoms with van der Waals surface area (Å²) in [6.07, 6.45) is 7.57. The van der Waals surface area contributed by atoms with Gasteiger partial charge >= 0.3 is 5.91 Å². The topological polar surface area (TPSA) is 110 Å². The van der Waals surface area contributed by atoms with Gasteiger partial charge in [0.05, 0.1) is 5.56 Å². The molecular formula is C23H30N4O4. The molecule has 0 radical (unpaired) electrons. The number of anilines is 1. The van der Waals surface area contributed by atoms with Crippen LogP contribution in [0.4, 0.5) is 5.69 Å². The minimum Gasteiger partial charge on any atom is -0.624 e. The third-order valence-electron chi connectivity index (χ3n) is 7.98. The number of carbonyl (C=O) groups is 3. The summed E-state index contributed by atoms with van der Waals surface area (Å²) in [5.74, 6) is -1.61. The van der Waals surface area contributed by atoms with Crippen LogP contribution in [0.3, 0.4) is 0 Å². The Hall–Kier alpha value is -2.29. The molecule has 2 atom stereocenters. The smallest absolute Gasteiger partial charge is 0.347 e. The van der Waals surface area contributed by atoms with Gasteiger partial charge in [-0.25, -0.2) is 4.79 Å². The summed E-state index contributed by atoms with van der Waals surface area (Å²) < 4.78 is -1.23. The number of quaternary nitrogens is 1. The zero-order valence-electron chi connectivity index (χ0n) is 17.9. The monoisotopic (exact) mass is 426 g/mol. The number of amides is 3. The second-order valence-corrected chi connectivity index (χ2v) is 9.91. The van der Waals surface area contributed by atoms with Crippen molar-refractivity contribution in [1.82, 2.24) is 10.6 Å². The number of rotatable bonds is 4. The lowest BCUT2D eigenvalue weighted by molar-refractivity contribution is -0.825. The fraction of sp³-hybridized carbons (Fsp3) is 0.609. The first-order valence-corrected chi connectivity index (χ1v) is 11.4. The van der Waals surface area contributed by atoms with Crippen LogP contribution in [-0.4, -0.2) is 47.5 Å². The molecule has 8 heteroatoms. The minimum atomic E-state index is -1.23. The van der Waals surface area contributed by atoms with Gasteiger partial charge in [0.25, 0.3) is 5.91 Å². The van der Waals surface area contributed by atoms with E-state index in [0.29, 0.717) is 28.6 Å². The maximum atomic E-state index is 13.4. The first kappa shape index (κ1) is 20.6. The van der Waals surface area contributed by atoms with Crippen LogP contribution < -0.4 is 16.0 Å². The fourth-order valence-electron chi connectivity index (χ4n) is 6.13. The Morgan fingerprint density at radius 2 is 1.84 bits per heavy atom. The summed E-state index contributed by atoms with van der Waals surface area (Å²) in [4.78, 5) is 36.5. The molecule has 2 aliphatic carbocycles. The van der Waals surface area contributed by atoms with E-state index < -0.39 is 22.5 Å². The Kier molecular flexibility index (Phi) is 4.91. The van der Waals surface area contributed by atoms with Crippen molar-refractivity contribution >= 4 is 23.4 Å². The van der Waals surface area contributed by atoms with Crippen molar-refractivity contribution in [3.8, 4) is 0 Å². The Morgan fingerprint density at radius 1 is 1.10 bits per heavy atom. The van der Waals surface area contributed by atoms with Crippen LogP contribution in [0.2, 0.25) is 0 Å². The molecule has 3 N–H and O–H groups in total. The van der Waals surface area contributed by atoms with Gasteiger partial charge in [0, 0.05) is 36.2 Å². The normalized spacial score (nSPS) is 37.4. The highest BCUT2D eigenvalue weighted by Crippen LogP contribution is 2.52. The lowest BCUT2D eigenvalue weighted by Crippen LogP contribution is -2.60. The maximum absolute atomic E-state index is 13.4. The van der Waals surface area contributed by atoms with Gasteiger partial charge in [-0.3, -0.25) is 19.6 Å². The van der Waals surface area contributed by atoms with Gasteiger partial charge in [-0.2, -0.15) is 0 Å². The van der Waals surface area contributed by atoms with Gasteiger partial charge in [0.1, 0.15) is 6.54 Å². The van der Waals surface area contributed by atoms with E-state index >= 15 is 0 Å². The zero-order valence-corrected chi connectivity index (χ0v) is 17.9. The molecule has 4 aliphatic rings. The van der Waals surface area contributed by atoms with E-state index in [-0.39, 0.29) is 25.3 Å². The Bertz CT molecular complexity index is 932. The summed E-state index contributed by atoms with van der Waals surface area (Å²) >= 11 is 0. The number of hydrogen-bond acceptors (Lipinski definition) is 6. The van der Waals surface area contributed by atoms with Gasteiger partial charge in [-0.1, -0.05) is 0 Å². The molecule has 2 heterocycles. The molecule has 0 bridgehead atoms. The van der Waals surface area contributed by atoms with E-state index in [2.05, 4.69) is 16.0 Å². The molecular weight excluding hydrogens is 396 g/mol. The van der Waals surface area contributed by atoms with E-state index in [0.717, 1.165) is 18.5 Å². The van der Waals surface area contributed by atoms with Crippen LogP contribution in [0.1, 0.15) is 67.3 Å². The third-order valence-corrected chi connectivity index (χ3v) is 7.98. The molecule has 166 valence electrons. The number of fused-ring (bicyclic) bond motifs is 1. The Morgan fingerprint density at radius 3 is 2.52 bits per heavy atom. The van der Waals surface area contributed by atoms with Crippen molar-refractivity contribution in [2.75, 3.05) is 12.4 Å². The lowest BCUT2D eigenvalue weighted by Gasteiger charge is -2.52. The highest BCUT2D eigenvalue weighted by atomic mass is 16.6. The number of hydroxylamine groups is 3. The second-order valence-electron chi connectivity index (χ2n) is 9.91. The van der Waals surface area contributed by atoms with Crippen molar-refractivity contribution < 1.29 is 19.0 Å². The zero-order chi connectivity index (χ0) is 21.8. The molecule has 3 fully saturated rings. The molecule has 1 spiro atoms. The summed E-state index contributed by atoms with van der Waals surface area (Å²) in [6.45, 7) is -0.0595. The van der Waals surface area contributed by atoms with Crippen molar-refractivity contribution in [1.29, 1.82) is 0 Å². The van der Waals surface area contributed by atoms with Gasteiger partial charge in [-0.15, -0.1) is 0 Å². The Labute approximate surface area is 181 Å². The lowest BCUT2D eigenvalue weighted by atomic mass is 9.57. The van der Waals surface area contributed by atoms with Crippen molar-refractivity contribution in [3.05, 3.63) is 34.5 Å². The molecule has 2 unspecified atom stereocenters. The van der Waals surface area contributed by atoms with Crippen LogP contribution in [0, 0.1) is 10.6 Å². The number of nitrogens with one attached hydrogen (secondary N) is 3. The van der Waals surface area contributed by atoms with Crippen LogP contribution >= 0.6 is 0 Å². The summed E-state index contributed by atoms with van der Waals surface area (Å²) in [7, 11) is 2.04. The van der Waals surface area contributed by atoms with Crippen LogP contribution in [0.15, 0.2) is 18.2 Å². The highest BCUT2D eigenvalue weighted by Gasteiger charge is 2.50. The van der Waals surface area contributed by atoms with Crippen molar-refractivity contribution in [3.63, 3.8) is 0 Å². The molecule has 8 nitrogen and oxygen atoms in total. The molecule has 2 saturated carbocycles. The molecule has 1 aromatic carbocycles. The predicted octanol–water partition coefficient (Wildman–Crippen LogP) is 2.18. The number of benzene rings is 1. The largest absolute Gasteiger partial charge is 0.624 e. The molecule has 2 aliphatic heterocycles. The molecule has 0 aromatic heterocycles. The Balaban J connectivity index is 1.24. The average Bonchev–Trinajstić information content (AvgIpc) is 2.97. The molecule has 1 saturated heterocycles. The summed E-state index contributed by atoms with van der Waals surface area (Å²) in [6, 6.07) is 5.47. The second kappa shape index (κ2) is 7.39. The quantitative estimate of drug-likeness (QED) is 0.387. The van der Waals surface area contributed by atoms with Crippen LogP contribution in [-0.2, 0) is 16.1 Å². The minimum absolute atomic E-state index is 0.0595. The van der Waals surface area contributed by atoms with Crippen LogP contribution in [0.25, 0.3) is 0 Å². The highest BCUT2D eigenvalue weighted by molar-refractivity contribution is 6.02. The number of carbonyl (C=O) groups excluding carboxylic acids is 3. The van der Waals surface area contributed by atoms with E-state index in [1.807, 2.05) is 19.2 Å². The molecule has 5 rings (SSSR count). The first-order valence-electron chi connectivity index (χ1n) is 11.4. The van der Waals surface area contributed by atoms with Gasteiger partial charge in [0.15, 0.2) is 6.04 Å². The first-order chi connectivity index (χ1) is 14.8. The fourth-order valence-corrected chi connectivity index (χ4v) is 6.13. The van der Waals surface area contributed by atoms with Gasteiger partial charge in [0.2, 0.25) is 5.91 Å². The maximum Gasteiger partial charge on any atom is 0.347 e. The van der Waals surface area contributed by atoms with E-state index in [9.17, 15) is 19.6 Å². The standard InChI is InChI=1S/C23H30N4O4/c1-24-15-6-8-23(9-7-15)11-17(12-23)25-16-2-3-18-14(10-16)13-27(31,22(18)30)19-4-5-20(28)26-21(19)29/h2-3,10,15,17,19,24-25H,4-9,11-13H2,1H3,(H,26,28,29). The molecule has 1 aromatic rings. The SMILES string of the molecule is CNC1CCC2(CC1)CC(Nc1ccc3c(c1)C[N+]([O-])(C1CCC(=O)NC1=O)C3=O)C2. The van der Waals surface area contributed by atoms with Crippen molar-refractivity contribution in [2.45, 2.75) is 76.0 Å². The van der Waals surface area contributed by atoms with Gasteiger partial charge < -0.3 is 15.8 Å². The molecule has 3 amide bonds. The van der Waals surface area contributed by atoms with E-state index in [1.54, 1.807) is 6.07 Å².